The lowest BCUT2D eigenvalue weighted by Gasteiger charge is -2.25. The van der Waals surface area contributed by atoms with Crippen molar-refractivity contribution in [1.29, 1.82) is 0 Å². The summed E-state index contributed by atoms with van der Waals surface area (Å²) in [7, 11) is 0. The molecule has 2 aromatic heterocycles. The number of ketones is 1. The number of rotatable bonds is 7. The van der Waals surface area contributed by atoms with Gasteiger partial charge >= 0.3 is 0 Å². The number of carbonyl (C=O) groups excluding carboxylic acids is 2. The number of nitrogens with zero attached hydrogens (tertiary/aromatic N) is 3. The van der Waals surface area contributed by atoms with Crippen LogP contribution < -0.4 is 4.74 Å². The summed E-state index contributed by atoms with van der Waals surface area (Å²) in [6.07, 6.45) is 8.09. The minimum atomic E-state index is -0.755. The number of aliphatic hydroxyl groups excluding tert-OH is 1. The third-order valence-corrected chi connectivity index (χ3v) is 5.13. The fourth-order valence-corrected chi connectivity index (χ4v) is 3.64. The van der Waals surface area contributed by atoms with E-state index >= 15 is 0 Å². The highest BCUT2D eigenvalue weighted by Crippen LogP contribution is 2.40. The predicted molar refractivity (Wildman–Crippen MR) is 118 cm³/mol. The highest BCUT2D eigenvalue weighted by Gasteiger charge is 2.46. The Morgan fingerprint density at radius 1 is 1.06 bits per heavy atom. The zero-order valence-corrected chi connectivity index (χ0v) is 17.2. The molecule has 32 heavy (non-hydrogen) atoms. The molecule has 1 atom stereocenters. The van der Waals surface area contributed by atoms with Crippen LogP contribution in [-0.4, -0.2) is 38.3 Å². The van der Waals surface area contributed by atoms with Crippen molar-refractivity contribution in [3.63, 3.8) is 0 Å². The Morgan fingerprint density at radius 2 is 1.81 bits per heavy atom. The molecule has 3 aromatic rings. The largest absolute Gasteiger partial charge is 0.507 e. The molecule has 0 saturated carbocycles. The van der Waals surface area contributed by atoms with Crippen molar-refractivity contribution >= 4 is 17.4 Å². The maximum absolute atomic E-state index is 13.0. The molecule has 7 nitrogen and oxygen atoms in total. The summed E-state index contributed by atoms with van der Waals surface area (Å²) in [5, 5.41) is 11.1. The maximum atomic E-state index is 13.0. The van der Waals surface area contributed by atoms with E-state index in [0.29, 0.717) is 23.5 Å². The molecule has 3 heterocycles. The third kappa shape index (κ3) is 4.13. The van der Waals surface area contributed by atoms with Crippen LogP contribution in [0.1, 0.15) is 22.7 Å². The Balaban J connectivity index is 1.77. The molecule has 7 heteroatoms. The van der Waals surface area contributed by atoms with E-state index in [1.54, 1.807) is 73.3 Å². The van der Waals surface area contributed by atoms with Crippen LogP contribution in [0.25, 0.3) is 5.76 Å². The summed E-state index contributed by atoms with van der Waals surface area (Å²) >= 11 is 0. The van der Waals surface area contributed by atoms with Gasteiger partial charge in [-0.3, -0.25) is 19.6 Å². The molecule has 1 aromatic carbocycles. The number of likely N-dealkylation sites (tertiary alicyclic amines) is 1. The third-order valence-electron chi connectivity index (χ3n) is 5.13. The average molecular weight is 427 g/mol. The number of hydrogen-bond acceptors (Lipinski definition) is 6. The minimum Gasteiger partial charge on any atom is -0.507 e. The number of ether oxygens (including phenoxy) is 1. The topological polar surface area (TPSA) is 92.6 Å². The van der Waals surface area contributed by atoms with Gasteiger partial charge in [-0.15, -0.1) is 0 Å². The Hall–Kier alpha value is -4.26. The van der Waals surface area contributed by atoms with Gasteiger partial charge in [0.05, 0.1) is 11.6 Å². The van der Waals surface area contributed by atoms with Crippen LogP contribution in [0.5, 0.6) is 5.75 Å². The molecule has 0 radical (unpaired) electrons. The Kier molecular flexibility index (Phi) is 6.07. The first-order valence-electron chi connectivity index (χ1n) is 10.0. The second kappa shape index (κ2) is 9.26. The van der Waals surface area contributed by atoms with E-state index in [9.17, 15) is 14.7 Å². The number of hydrogen-bond donors (Lipinski definition) is 1. The van der Waals surface area contributed by atoms with E-state index in [-0.39, 0.29) is 17.9 Å². The van der Waals surface area contributed by atoms with Crippen LogP contribution in [0, 0.1) is 0 Å². The number of pyridine rings is 2. The zero-order valence-electron chi connectivity index (χ0n) is 17.2. The van der Waals surface area contributed by atoms with E-state index < -0.39 is 17.7 Å². The van der Waals surface area contributed by atoms with Gasteiger partial charge in [0.15, 0.2) is 0 Å². The molecule has 1 amide bonds. The molecule has 0 aliphatic carbocycles. The monoisotopic (exact) mass is 427 g/mol. The van der Waals surface area contributed by atoms with Gasteiger partial charge in [0.25, 0.3) is 11.7 Å². The zero-order chi connectivity index (χ0) is 22.5. The summed E-state index contributed by atoms with van der Waals surface area (Å²) < 4.78 is 5.47. The quantitative estimate of drug-likeness (QED) is 0.268. The van der Waals surface area contributed by atoms with Crippen molar-refractivity contribution in [2.75, 3.05) is 6.61 Å². The normalized spacial score (nSPS) is 17.4. The lowest BCUT2D eigenvalue weighted by Crippen LogP contribution is -2.29. The Labute approximate surface area is 185 Å². The molecular weight excluding hydrogens is 406 g/mol. The Bertz CT molecular complexity index is 1160. The number of aromatic nitrogens is 2. The van der Waals surface area contributed by atoms with Gasteiger partial charge in [-0.05, 0) is 53.6 Å². The Morgan fingerprint density at radius 3 is 2.47 bits per heavy atom. The second-order valence-electron chi connectivity index (χ2n) is 7.19. The summed E-state index contributed by atoms with van der Waals surface area (Å²) in [6.45, 7) is 4.14. The summed E-state index contributed by atoms with van der Waals surface area (Å²) in [5.74, 6) is -1.05. The molecule has 4 rings (SSSR count). The van der Waals surface area contributed by atoms with Crippen molar-refractivity contribution < 1.29 is 19.4 Å². The summed E-state index contributed by atoms with van der Waals surface area (Å²) in [5.41, 5.74) is 1.90. The second-order valence-corrected chi connectivity index (χ2v) is 7.19. The van der Waals surface area contributed by atoms with Crippen LogP contribution in [0.15, 0.2) is 91.5 Å². The van der Waals surface area contributed by atoms with Gasteiger partial charge in [0, 0.05) is 36.9 Å². The van der Waals surface area contributed by atoms with E-state index in [1.807, 2.05) is 6.07 Å². The van der Waals surface area contributed by atoms with Gasteiger partial charge in [-0.1, -0.05) is 18.7 Å². The summed E-state index contributed by atoms with van der Waals surface area (Å²) in [6, 6.07) is 13.0. The van der Waals surface area contributed by atoms with Crippen molar-refractivity contribution in [2.45, 2.75) is 12.6 Å². The number of aliphatic hydroxyl groups is 1. The van der Waals surface area contributed by atoms with Gasteiger partial charge in [0.2, 0.25) is 0 Å². The SMILES string of the molecule is C=CCOc1ccc(C(O)=C2C(=O)C(=O)N(Cc3cccnc3)[C@@H]2c2ccncc2)cc1. The van der Waals surface area contributed by atoms with Gasteiger partial charge in [0.1, 0.15) is 18.1 Å². The molecular formula is C25H21N3O4. The molecule has 0 unspecified atom stereocenters. The fraction of sp³-hybridized carbons (Fsp3) is 0.120. The van der Waals surface area contributed by atoms with E-state index in [4.69, 9.17) is 4.74 Å². The van der Waals surface area contributed by atoms with Crippen LogP contribution in [0.2, 0.25) is 0 Å². The van der Waals surface area contributed by atoms with Crippen LogP contribution in [0.3, 0.4) is 0 Å². The standard InChI is InChI=1S/C25H21N3O4/c1-2-14-32-20-7-5-19(6-8-20)23(29)21-22(18-9-12-26-13-10-18)28(25(31)24(21)30)16-17-4-3-11-27-15-17/h2-13,15,22,29H,1,14,16H2/t22-/m1/s1. The highest BCUT2D eigenvalue weighted by molar-refractivity contribution is 6.46. The van der Waals surface area contributed by atoms with Crippen molar-refractivity contribution in [2.24, 2.45) is 0 Å². The molecule has 0 spiro atoms. The fourth-order valence-electron chi connectivity index (χ4n) is 3.64. The number of carbonyl (C=O) groups is 2. The van der Waals surface area contributed by atoms with Crippen molar-refractivity contribution in [1.82, 2.24) is 14.9 Å². The van der Waals surface area contributed by atoms with E-state index in [0.717, 1.165) is 5.56 Å². The van der Waals surface area contributed by atoms with Gasteiger partial charge in [-0.25, -0.2) is 0 Å². The molecule has 0 bridgehead atoms. The van der Waals surface area contributed by atoms with Gasteiger partial charge < -0.3 is 14.7 Å². The average Bonchev–Trinajstić information content (AvgIpc) is 3.09. The predicted octanol–water partition coefficient (Wildman–Crippen LogP) is 3.66. The van der Waals surface area contributed by atoms with Crippen molar-refractivity contribution in [3.05, 3.63) is 108 Å². The molecule has 160 valence electrons. The van der Waals surface area contributed by atoms with Crippen LogP contribution in [-0.2, 0) is 16.1 Å². The molecule has 1 N–H and O–H groups in total. The van der Waals surface area contributed by atoms with E-state index in [1.165, 1.54) is 4.90 Å². The highest BCUT2D eigenvalue weighted by atomic mass is 16.5. The number of Topliss-reactive ketones (excluding diaryl/α,β-unsaturated/α-hetero) is 1. The van der Waals surface area contributed by atoms with Crippen LogP contribution in [0.4, 0.5) is 0 Å². The first kappa shape index (κ1) is 21.0. The first-order chi connectivity index (χ1) is 15.6. The molecule has 1 fully saturated rings. The van der Waals surface area contributed by atoms with E-state index in [2.05, 4.69) is 16.5 Å². The van der Waals surface area contributed by atoms with Crippen LogP contribution >= 0.6 is 0 Å². The van der Waals surface area contributed by atoms with Crippen molar-refractivity contribution in [3.8, 4) is 5.75 Å². The minimum absolute atomic E-state index is 0.0323. The lowest BCUT2D eigenvalue weighted by atomic mass is 9.96. The van der Waals surface area contributed by atoms with Gasteiger partial charge in [-0.2, -0.15) is 0 Å². The smallest absolute Gasteiger partial charge is 0.295 e. The molecule has 1 saturated heterocycles. The summed E-state index contributed by atoms with van der Waals surface area (Å²) in [4.78, 5) is 35.6. The molecule has 1 aliphatic rings. The molecule has 1 aliphatic heterocycles. The maximum Gasteiger partial charge on any atom is 0.295 e. The first-order valence-corrected chi connectivity index (χ1v) is 10.0. The lowest BCUT2D eigenvalue weighted by molar-refractivity contribution is -0.140. The number of benzene rings is 1. The number of amides is 1.